The number of hydrogen-bond donors (Lipinski definition) is 0. The van der Waals surface area contributed by atoms with Gasteiger partial charge in [-0.05, 0) is 31.7 Å². The Kier molecular flexibility index (Phi) is 4.23. The van der Waals surface area contributed by atoms with E-state index in [2.05, 4.69) is 29.8 Å². The van der Waals surface area contributed by atoms with Crippen molar-refractivity contribution in [3.63, 3.8) is 0 Å². The molecule has 4 heteroatoms. The van der Waals surface area contributed by atoms with Crippen molar-refractivity contribution in [2.24, 2.45) is 0 Å². The lowest BCUT2D eigenvalue weighted by atomic mass is 10.0. The molecule has 0 amide bonds. The van der Waals surface area contributed by atoms with E-state index in [0.717, 1.165) is 25.2 Å². The highest BCUT2D eigenvalue weighted by atomic mass is 35.5. The molecule has 2 unspecified atom stereocenters. The zero-order chi connectivity index (χ0) is 13.1. The maximum atomic E-state index is 9.43. The van der Waals surface area contributed by atoms with Gasteiger partial charge in [0.15, 0.2) is 0 Å². The fourth-order valence-corrected chi connectivity index (χ4v) is 2.55. The molecule has 1 aliphatic rings. The topological polar surface area (TPSA) is 30.3 Å². The molecule has 3 nitrogen and oxygen atoms in total. The SMILES string of the molecule is CC1CN(C(C#N)c2cccc(Cl)c2)CCN1C. The Bertz CT molecular complexity index is 455. The minimum atomic E-state index is -0.195. The normalized spacial score (nSPS) is 23.6. The van der Waals surface area contributed by atoms with Gasteiger partial charge in [-0.1, -0.05) is 23.7 Å². The number of benzene rings is 1. The second kappa shape index (κ2) is 5.71. The van der Waals surface area contributed by atoms with Gasteiger partial charge in [-0.15, -0.1) is 0 Å². The van der Waals surface area contributed by atoms with Gasteiger partial charge in [0.2, 0.25) is 0 Å². The first-order valence-corrected chi connectivity index (χ1v) is 6.59. The predicted molar refractivity (Wildman–Crippen MR) is 73.5 cm³/mol. The number of rotatable bonds is 2. The second-order valence-electron chi connectivity index (χ2n) is 4.91. The number of piperazine rings is 1. The Morgan fingerprint density at radius 3 is 2.83 bits per heavy atom. The lowest BCUT2D eigenvalue weighted by molar-refractivity contribution is 0.0881. The first-order chi connectivity index (χ1) is 8.61. The monoisotopic (exact) mass is 263 g/mol. The van der Waals surface area contributed by atoms with Crippen molar-refractivity contribution in [3.05, 3.63) is 34.9 Å². The fourth-order valence-electron chi connectivity index (χ4n) is 2.35. The zero-order valence-electron chi connectivity index (χ0n) is 10.8. The van der Waals surface area contributed by atoms with Crippen LogP contribution in [0.15, 0.2) is 24.3 Å². The molecule has 1 heterocycles. The third-order valence-corrected chi connectivity index (χ3v) is 3.88. The number of nitrogens with zero attached hydrogens (tertiary/aromatic N) is 3. The standard InChI is InChI=1S/C14H18ClN3/c1-11-10-18(7-6-17(11)2)14(9-16)12-4-3-5-13(15)8-12/h3-5,8,11,14H,6-7,10H2,1-2H3. The largest absolute Gasteiger partial charge is 0.301 e. The molecule has 1 saturated heterocycles. The van der Waals surface area contributed by atoms with E-state index < -0.39 is 0 Å². The Hall–Kier alpha value is -1.08. The van der Waals surface area contributed by atoms with Crippen LogP contribution >= 0.6 is 11.6 Å². The van der Waals surface area contributed by atoms with E-state index >= 15 is 0 Å². The maximum Gasteiger partial charge on any atom is 0.124 e. The van der Waals surface area contributed by atoms with E-state index in [0.29, 0.717) is 11.1 Å². The van der Waals surface area contributed by atoms with Crippen LogP contribution in [0.25, 0.3) is 0 Å². The van der Waals surface area contributed by atoms with Crippen LogP contribution in [-0.4, -0.2) is 42.5 Å². The highest BCUT2D eigenvalue weighted by Crippen LogP contribution is 2.25. The van der Waals surface area contributed by atoms with E-state index in [-0.39, 0.29) is 6.04 Å². The first kappa shape index (κ1) is 13.4. The van der Waals surface area contributed by atoms with Gasteiger partial charge in [-0.3, -0.25) is 4.90 Å². The third kappa shape index (κ3) is 2.84. The molecule has 0 aromatic heterocycles. The zero-order valence-corrected chi connectivity index (χ0v) is 11.6. The summed E-state index contributed by atoms with van der Waals surface area (Å²) in [6.45, 7) is 5.03. The molecule has 0 bridgehead atoms. The summed E-state index contributed by atoms with van der Waals surface area (Å²) in [6, 6.07) is 10.3. The minimum absolute atomic E-state index is 0.195. The summed E-state index contributed by atoms with van der Waals surface area (Å²) >= 11 is 6.00. The fraction of sp³-hybridized carbons (Fsp3) is 0.500. The lowest BCUT2D eigenvalue weighted by Crippen LogP contribution is -2.50. The molecule has 0 N–H and O–H groups in total. The summed E-state index contributed by atoms with van der Waals surface area (Å²) in [5.74, 6) is 0. The predicted octanol–water partition coefficient (Wildman–Crippen LogP) is 2.54. The van der Waals surface area contributed by atoms with Gasteiger partial charge >= 0.3 is 0 Å². The average molecular weight is 264 g/mol. The summed E-state index contributed by atoms with van der Waals surface area (Å²) in [6.07, 6.45) is 0. The molecular formula is C14H18ClN3. The van der Waals surface area contributed by atoms with Gasteiger partial charge in [0.1, 0.15) is 6.04 Å². The van der Waals surface area contributed by atoms with Gasteiger partial charge in [-0.2, -0.15) is 5.26 Å². The smallest absolute Gasteiger partial charge is 0.124 e. The molecule has 2 atom stereocenters. The van der Waals surface area contributed by atoms with E-state index in [4.69, 9.17) is 11.6 Å². The maximum absolute atomic E-state index is 9.43. The number of likely N-dealkylation sites (N-methyl/N-ethyl adjacent to an activating group) is 1. The van der Waals surface area contributed by atoms with E-state index in [1.807, 2.05) is 24.3 Å². The molecule has 0 aliphatic carbocycles. The van der Waals surface area contributed by atoms with E-state index in [9.17, 15) is 5.26 Å². The van der Waals surface area contributed by atoms with Gasteiger partial charge in [0.05, 0.1) is 6.07 Å². The summed E-state index contributed by atoms with van der Waals surface area (Å²) in [5, 5.41) is 10.1. The number of nitriles is 1. The third-order valence-electron chi connectivity index (χ3n) is 3.64. The Morgan fingerprint density at radius 2 is 2.22 bits per heavy atom. The van der Waals surface area contributed by atoms with Crippen molar-refractivity contribution in [2.75, 3.05) is 26.7 Å². The van der Waals surface area contributed by atoms with Crippen LogP contribution in [-0.2, 0) is 0 Å². The molecule has 96 valence electrons. The van der Waals surface area contributed by atoms with Gasteiger partial charge in [-0.25, -0.2) is 0 Å². The quantitative estimate of drug-likeness (QED) is 0.822. The number of hydrogen-bond acceptors (Lipinski definition) is 3. The molecule has 1 aromatic rings. The van der Waals surface area contributed by atoms with Crippen LogP contribution in [0.3, 0.4) is 0 Å². The molecule has 2 rings (SSSR count). The van der Waals surface area contributed by atoms with Crippen LogP contribution in [0, 0.1) is 11.3 Å². The van der Waals surface area contributed by atoms with Crippen LogP contribution in [0.2, 0.25) is 5.02 Å². The molecule has 1 aliphatic heterocycles. The van der Waals surface area contributed by atoms with Crippen molar-refractivity contribution in [3.8, 4) is 6.07 Å². The van der Waals surface area contributed by atoms with Crippen LogP contribution in [0.1, 0.15) is 18.5 Å². The molecule has 1 aromatic carbocycles. The summed E-state index contributed by atoms with van der Waals surface area (Å²) < 4.78 is 0. The summed E-state index contributed by atoms with van der Waals surface area (Å²) in [7, 11) is 2.13. The number of halogens is 1. The van der Waals surface area contributed by atoms with E-state index in [1.54, 1.807) is 0 Å². The molecular weight excluding hydrogens is 246 g/mol. The summed E-state index contributed by atoms with van der Waals surface area (Å²) in [5.41, 5.74) is 0.988. The van der Waals surface area contributed by atoms with Crippen LogP contribution in [0.5, 0.6) is 0 Å². The van der Waals surface area contributed by atoms with Crippen molar-refractivity contribution in [2.45, 2.75) is 19.0 Å². The Labute approximate surface area is 114 Å². The highest BCUT2D eigenvalue weighted by Gasteiger charge is 2.27. The van der Waals surface area contributed by atoms with E-state index in [1.165, 1.54) is 0 Å². The Morgan fingerprint density at radius 1 is 1.44 bits per heavy atom. The van der Waals surface area contributed by atoms with Crippen molar-refractivity contribution >= 4 is 11.6 Å². The molecule has 18 heavy (non-hydrogen) atoms. The Balaban J connectivity index is 2.17. The van der Waals surface area contributed by atoms with Crippen LogP contribution in [0.4, 0.5) is 0 Å². The van der Waals surface area contributed by atoms with Gasteiger partial charge in [0, 0.05) is 30.7 Å². The summed E-state index contributed by atoms with van der Waals surface area (Å²) in [4.78, 5) is 4.55. The highest BCUT2D eigenvalue weighted by molar-refractivity contribution is 6.30. The molecule has 0 radical (unpaired) electrons. The molecule has 0 spiro atoms. The van der Waals surface area contributed by atoms with Gasteiger partial charge in [0.25, 0.3) is 0 Å². The lowest BCUT2D eigenvalue weighted by Gasteiger charge is -2.39. The van der Waals surface area contributed by atoms with Crippen molar-refractivity contribution in [1.29, 1.82) is 5.26 Å². The minimum Gasteiger partial charge on any atom is -0.301 e. The molecule has 0 saturated carbocycles. The first-order valence-electron chi connectivity index (χ1n) is 6.21. The van der Waals surface area contributed by atoms with Crippen molar-refractivity contribution < 1.29 is 0 Å². The van der Waals surface area contributed by atoms with Crippen molar-refractivity contribution in [1.82, 2.24) is 9.80 Å². The van der Waals surface area contributed by atoms with Gasteiger partial charge < -0.3 is 4.90 Å². The molecule has 1 fully saturated rings. The van der Waals surface area contributed by atoms with Crippen LogP contribution < -0.4 is 0 Å². The average Bonchev–Trinajstić information content (AvgIpc) is 2.35. The second-order valence-corrected chi connectivity index (χ2v) is 5.35.